The minimum absolute atomic E-state index is 0.0322. The Labute approximate surface area is 197 Å². The fourth-order valence-electron chi connectivity index (χ4n) is 3.58. The van der Waals surface area contributed by atoms with Crippen LogP contribution in [0.1, 0.15) is 17.0 Å². The smallest absolute Gasteiger partial charge is 0.350 e. The van der Waals surface area contributed by atoms with E-state index in [1.807, 2.05) is 60.7 Å². The zero-order valence-corrected chi connectivity index (χ0v) is 18.4. The predicted octanol–water partition coefficient (Wildman–Crippen LogP) is 4.29. The first-order chi connectivity index (χ1) is 16.6. The Hall–Kier alpha value is -4.48. The van der Waals surface area contributed by atoms with Gasteiger partial charge in [-0.25, -0.2) is 4.68 Å². The van der Waals surface area contributed by atoms with Crippen molar-refractivity contribution in [3.63, 3.8) is 0 Å². The molecule has 2 heterocycles. The van der Waals surface area contributed by atoms with Gasteiger partial charge in [0.1, 0.15) is 12.2 Å². The van der Waals surface area contributed by atoms with Crippen molar-refractivity contribution in [3.8, 4) is 16.9 Å². The molecule has 2 aromatic heterocycles. The number of rotatable bonds is 7. The first-order valence-electron chi connectivity index (χ1n) is 10.4. The van der Waals surface area contributed by atoms with Gasteiger partial charge >= 0.3 is 11.9 Å². The molecule has 35 heavy (non-hydrogen) atoms. The van der Waals surface area contributed by atoms with E-state index in [1.165, 1.54) is 0 Å². The first-order valence-corrected chi connectivity index (χ1v) is 10.4. The molecule has 0 radical (unpaired) electrons. The maximum atomic E-state index is 13.2. The number of para-hydroxylation sites is 1. The highest BCUT2D eigenvalue weighted by Crippen LogP contribution is 2.36. The average Bonchev–Trinajstić information content (AvgIpc) is 3.40. The van der Waals surface area contributed by atoms with Gasteiger partial charge in [-0.1, -0.05) is 48.5 Å². The second kappa shape index (κ2) is 9.41. The minimum Gasteiger partial charge on any atom is -0.350 e. The van der Waals surface area contributed by atoms with Crippen molar-refractivity contribution < 1.29 is 22.9 Å². The van der Waals surface area contributed by atoms with Gasteiger partial charge in [0.15, 0.2) is 0 Å². The summed E-state index contributed by atoms with van der Waals surface area (Å²) < 4.78 is 41.8. The van der Waals surface area contributed by atoms with Crippen molar-refractivity contribution in [3.05, 3.63) is 93.9 Å². The largest absolute Gasteiger partial charge is 0.442 e. The topological polar surface area (TPSA) is 108 Å². The maximum Gasteiger partial charge on any atom is 0.442 e. The molecule has 0 aliphatic rings. The third kappa shape index (κ3) is 5.05. The SMILES string of the molecule is Cc1c([N+](=O)[O-])c(C(F)(F)F)nn1CC(=O)NCc1cn(-c2ccccc2)nc1-c1ccccc1. The second-order valence-electron chi connectivity index (χ2n) is 7.62. The number of amides is 1. The Kier molecular flexibility index (Phi) is 6.36. The van der Waals surface area contributed by atoms with Gasteiger partial charge in [0.05, 0.1) is 16.3 Å². The van der Waals surface area contributed by atoms with Crippen LogP contribution in [-0.4, -0.2) is 30.4 Å². The molecule has 1 amide bonds. The Morgan fingerprint density at radius 2 is 1.69 bits per heavy atom. The van der Waals surface area contributed by atoms with Gasteiger partial charge in [0.2, 0.25) is 11.6 Å². The molecule has 0 saturated carbocycles. The summed E-state index contributed by atoms with van der Waals surface area (Å²) in [5.41, 5.74) is -0.239. The summed E-state index contributed by atoms with van der Waals surface area (Å²) in [7, 11) is 0. The molecule has 0 aliphatic heterocycles. The Balaban J connectivity index is 1.57. The number of carbonyl (C=O) groups is 1. The van der Waals surface area contributed by atoms with Crippen LogP contribution in [0.3, 0.4) is 0 Å². The maximum absolute atomic E-state index is 13.2. The van der Waals surface area contributed by atoms with E-state index in [-0.39, 0.29) is 12.2 Å². The average molecular weight is 484 g/mol. The van der Waals surface area contributed by atoms with Crippen LogP contribution in [0.25, 0.3) is 16.9 Å². The van der Waals surface area contributed by atoms with Crippen LogP contribution < -0.4 is 5.32 Å². The second-order valence-corrected chi connectivity index (χ2v) is 7.62. The monoisotopic (exact) mass is 484 g/mol. The number of carbonyl (C=O) groups excluding carboxylic acids is 1. The number of hydrogen-bond donors (Lipinski definition) is 1. The van der Waals surface area contributed by atoms with E-state index in [2.05, 4.69) is 15.5 Å². The van der Waals surface area contributed by atoms with Crippen molar-refractivity contribution >= 4 is 11.6 Å². The van der Waals surface area contributed by atoms with Crippen LogP contribution in [0.2, 0.25) is 0 Å². The number of aromatic nitrogens is 4. The molecule has 4 aromatic rings. The molecule has 0 saturated heterocycles. The lowest BCUT2D eigenvalue weighted by Gasteiger charge is -2.07. The quantitative estimate of drug-likeness (QED) is 0.311. The van der Waals surface area contributed by atoms with E-state index < -0.39 is 34.9 Å². The van der Waals surface area contributed by atoms with E-state index in [0.29, 0.717) is 15.9 Å². The summed E-state index contributed by atoms with van der Waals surface area (Å²) in [5, 5.41) is 21.7. The molecule has 0 bridgehead atoms. The molecule has 0 atom stereocenters. The highest BCUT2D eigenvalue weighted by atomic mass is 19.4. The van der Waals surface area contributed by atoms with Crippen molar-refractivity contribution in [2.45, 2.75) is 26.2 Å². The van der Waals surface area contributed by atoms with Gasteiger partial charge in [-0.2, -0.15) is 23.4 Å². The molecule has 1 N–H and O–H groups in total. The van der Waals surface area contributed by atoms with Crippen LogP contribution in [0.5, 0.6) is 0 Å². The van der Waals surface area contributed by atoms with E-state index >= 15 is 0 Å². The fourth-order valence-corrected chi connectivity index (χ4v) is 3.58. The molecular weight excluding hydrogens is 465 g/mol. The van der Waals surface area contributed by atoms with Crippen LogP contribution in [0.4, 0.5) is 18.9 Å². The summed E-state index contributed by atoms with van der Waals surface area (Å²) >= 11 is 0. The van der Waals surface area contributed by atoms with E-state index in [1.54, 1.807) is 10.9 Å². The molecule has 12 heteroatoms. The molecule has 4 rings (SSSR count). The molecule has 180 valence electrons. The fraction of sp³-hybridized carbons (Fsp3) is 0.174. The molecule has 0 aliphatic carbocycles. The van der Waals surface area contributed by atoms with Crippen LogP contribution >= 0.6 is 0 Å². The lowest BCUT2D eigenvalue weighted by molar-refractivity contribution is -0.388. The number of alkyl halides is 3. The van der Waals surface area contributed by atoms with Crippen LogP contribution in [0, 0.1) is 17.0 Å². The van der Waals surface area contributed by atoms with E-state index in [4.69, 9.17) is 0 Å². The lowest BCUT2D eigenvalue weighted by Crippen LogP contribution is -2.28. The third-order valence-corrected chi connectivity index (χ3v) is 5.25. The molecule has 0 unspecified atom stereocenters. The Morgan fingerprint density at radius 3 is 2.26 bits per heavy atom. The summed E-state index contributed by atoms with van der Waals surface area (Å²) in [6.45, 7) is 0.533. The first kappa shape index (κ1) is 23.7. The highest BCUT2D eigenvalue weighted by molar-refractivity contribution is 5.76. The molecule has 0 fully saturated rings. The third-order valence-electron chi connectivity index (χ3n) is 5.25. The normalized spacial score (nSPS) is 11.4. The molecule has 2 aromatic carbocycles. The molecule has 0 spiro atoms. The van der Waals surface area contributed by atoms with Gasteiger partial charge in [-0.3, -0.25) is 19.6 Å². The Morgan fingerprint density at radius 1 is 1.06 bits per heavy atom. The van der Waals surface area contributed by atoms with Crippen LogP contribution in [-0.2, 0) is 24.1 Å². The minimum atomic E-state index is -5.02. The summed E-state index contributed by atoms with van der Waals surface area (Å²) in [4.78, 5) is 22.5. The van der Waals surface area contributed by atoms with Crippen LogP contribution in [0.15, 0.2) is 66.9 Å². The number of halogens is 3. The van der Waals surface area contributed by atoms with Crippen molar-refractivity contribution in [1.29, 1.82) is 0 Å². The number of hydrogen-bond acceptors (Lipinski definition) is 5. The number of nitrogens with one attached hydrogen (secondary N) is 1. The Bertz CT molecular complexity index is 1360. The standard InChI is InChI=1S/C23H19F3N6O3/c1-15-21(32(34)35)22(23(24,25)26)29-30(15)14-19(33)27-12-17-13-31(18-10-6-3-7-11-18)28-20(17)16-8-4-2-5-9-16/h2-11,13H,12,14H2,1H3,(H,27,33). The number of benzene rings is 2. The molecule has 9 nitrogen and oxygen atoms in total. The lowest BCUT2D eigenvalue weighted by atomic mass is 10.1. The molecular formula is C23H19F3N6O3. The summed E-state index contributed by atoms with van der Waals surface area (Å²) in [6.07, 6.45) is -3.27. The van der Waals surface area contributed by atoms with Crippen molar-refractivity contribution in [1.82, 2.24) is 24.9 Å². The van der Waals surface area contributed by atoms with Gasteiger partial charge in [-0.15, -0.1) is 0 Å². The van der Waals surface area contributed by atoms with Crippen molar-refractivity contribution in [2.24, 2.45) is 0 Å². The van der Waals surface area contributed by atoms with Crippen molar-refractivity contribution in [2.75, 3.05) is 0 Å². The van der Waals surface area contributed by atoms with E-state index in [9.17, 15) is 28.1 Å². The van der Waals surface area contributed by atoms with Gasteiger partial charge in [0.25, 0.3) is 0 Å². The number of nitro groups is 1. The van der Waals surface area contributed by atoms with Gasteiger partial charge in [0, 0.05) is 23.9 Å². The van der Waals surface area contributed by atoms with E-state index in [0.717, 1.165) is 18.2 Å². The van der Waals surface area contributed by atoms with Gasteiger partial charge in [-0.05, 0) is 19.1 Å². The predicted molar refractivity (Wildman–Crippen MR) is 119 cm³/mol. The highest BCUT2D eigenvalue weighted by Gasteiger charge is 2.44. The number of nitrogens with zero attached hydrogens (tertiary/aromatic N) is 5. The summed E-state index contributed by atoms with van der Waals surface area (Å²) in [5.74, 6) is -0.661. The summed E-state index contributed by atoms with van der Waals surface area (Å²) in [6, 6.07) is 18.6. The zero-order valence-electron chi connectivity index (χ0n) is 18.4. The zero-order chi connectivity index (χ0) is 25.2. The van der Waals surface area contributed by atoms with Gasteiger partial charge < -0.3 is 5.32 Å².